The molecule has 0 aliphatic heterocycles. The standard InChI is InChI=1S/C15H11IN2O2/c16-11-3-1-2-10(8-11)9-20-15(19)13-5-7-18-14-12(13)4-6-17-14/h1-8H,9H2,(H,17,18). The zero-order valence-corrected chi connectivity index (χ0v) is 12.6. The third-order valence-electron chi connectivity index (χ3n) is 2.94. The van der Waals surface area contributed by atoms with Gasteiger partial charge in [0, 0.05) is 21.4 Å². The van der Waals surface area contributed by atoms with E-state index in [9.17, 15) is 4.79 Å². The molecule has 0 spiro atoms. The molecule has 0 saturated carbocycles. The molecule has 0 saturated heterocycles. The number of pyridine rings is 1. The van der Waals surface area contributed by atoms with Gasteiger partial charge in [-0.15, -0.1) is 0 Å². The van der Waals surface area contributed by atoms with Gasteiger partial charge in [-0.1, -0.05) is 12.1 Å². The Hall–Kier alpha value is -1.89. The molecule has 0 bridgehead atoms. The van der Waals surface area contributed by atoms with Gasteiger partial charge < -0.3 is 9.72 Å². The predicted octanol–water partition coefficient (Wildman–Crippen LogP) is 3.52. The molecule has 100 valence electrons. The number of ether oxygens (including phenoxy) is 1. The second-order valence-corrected chi connectivity index (χ2v) is 5.55. The van der Waals surface area contributed by atoms with Crippen LogP contribution in [-0.2, 0) is 11.3 Å². The maximum absolute atomic E-state index is 12.1. The second-order valence-electron chi connectivity index (χ2n) is 4.30. The molecule has 0 radical (unpaired) electrons. The van der Waals surface area contributed by atoms with E-state index < -0.39 is 0 Å². The Morgan fingerprint density at radius 2 is 2.20 bits per heavy atom. The number of H-pyrrole nitrogens is 1. The van der Waals surface area contributed by atoms with E-state index in [2.05, 4.69) is 32.6 Å². The third kappa shape index (κ3) is 2.67. The van der Waals surface area contributed by atoms with Crippen LogP contribution in [0.1, 0.15) is 15.9 Å². The molecule has 0 atom stereocenters. The first-order valence-corrected chi connectivity index (χ1v) is 7.15. The van der Waals surface area contributed by atoms with Crippen molar-refractivity contribution in [1.82, 2.24) is 9.97 Å². The van der Waals surface area contributed by atoms with Crippen molar-refractivity contribution in [1.29, 1.82) is 0 Å². The molecule has 4 nitrogen and oxygen atoms in total. The summed E-state index contributed by atoms with van der Waals surface area (Å²) in [6.07, 6.45) is 3.36. The van der Waals surface area contributed by atoms with Crippen LogP contribution in [0.3, 0.4) is 0 Å². The number of hydrogen-bond acceptors (Lipinski definition) is 3. The van der Waals surface area contributed by atoms with Crippen LogP contribution in [0, 0.1) is 3.57 Å². The Bertz CT molecular complexity index is 767. The SMILES string of the molecule is O=C(OCc1cccc(I)c1)c1ccnc2[nH]ccc12. The summed E-state index contributed by atoms with van der Waals surface area (Å²) in [6, 6.07) is 11.4. The van der Waals surface area contributed by atoms with Crippen LogP contribution in [0.5, 0.6) is 0 Å². The molecule has 0 unspecified atom stereocenters. The fourth-order valence-corrected chi connectivity index (χ4v) is 2.60. The number of carbonyl (C=O) groups excluding carboxylic acids is 1. The van der Waals surface area contributed by atoms with Crippen molar-refractivity contribution in [2.24, 2.45) is 0 Å². The van der Waals surface area contributed by atoms with Crippen molar-refractivity contribution in [2.45, 2.75) is 6.61 Å². The number of halogens is 1. The Kier molecular flexibility index (Phi) is 3.68. The normalized spacial score (nSPS) is 10.7. The summed E-state index contributed by atoms with van der Waals surface area (Å²) in [6.45, 7) is 0.268. The van der Waals surface area contributed by atoms with Crippen LogP contribution in [-0.4, -0.2) is 15.9 Å². The molecule has 5 heteroatoms. The Labute approximate surface area is 129 Å². The minimum absolute atomic E-state index is 0.268. The predicted molar refractivity (Wildman–Crippen MR) is 84.4 cm³/mol. The van der Waals surface area contributed by atoms with Crippen molar-refractivity contribution < 1.29 is 9.53 Å². The van der Waals surface area contributed by atoms with Crippen LogP contribution < -0.4 is 0 Å². The van der Waals surface area contributed by atoms with E-state index in [1.807, 2.05) is 30.3 Å². The lowest BCUT2D eigenvalue weighted by molar-refractivity contribution is 0.0475. The van der Waals surface area contributed by atoms with Gasteiger partial charge in [0.15, 0.2) is 0 Å². The first kappa shape index (κ1) is 13.1. The number of aromatic amines is 1. The number of rotatable bonds is 3. The highest BCUT2D eigenvalue weighted by molar-refractivity contribution is 14.1. The van der Waals surface area contributed by atoms with Crippen molar-refractivity contribution in [3.63, 3.8) is 0 Å². The highest BCUT2D eigenvalue weighted by Gasteiger charge is 2.12. The molecule has 0 fully saturated rings. The molecular weight excluding hydrogens is 367 g/mol. The number of nitrogens with one attached hydrogen (secondary N) is 1. The molecule has 2 heterocycles. The average molecular weight is 378 g/mol. The molecule has 0 amide bonds. The lowest BCUT2D eigenvalue weighted by Gasteiger charge is -2.06. The van der Waals surface area contributed by atoms with E-state index in [4.69, 9.17) is 4.74 Å². The van der Waals surface area contributed by atoms with Crippen LogP contribution in [0.2, 0.25) is 0 Å². The van der Waals surface area contributed by atoms with Crippen molar-refractivity contribution in [3.8, 4) is 0 Å². The van der Waals surface area contributed by atoms with Crippen LogP contribution in [0.4, 0.5) is 0 Å². The first-order chi connectivity index (χ1) is 9.74. The summed E-state index contributed by atoms with van der Waals surface area (Å²) in [5, 5.41) is 0.778. The smallest absolute Gasteiger partial charge is 0.339 e. The molecule has 1 N–H and O–H groups in total. The second kappa shape index (κ2) is 5.62. The summed E-state index contributed by atoms with van der Waals surface area (Å²) in [7, 11) is 0. The fraction of sp³-hybridized carbons (Fsp3) is 0.0667. The molecule has 3 rings (SSSR count). The Morgan fingerprint density at radius 3 is 3.05 bits per heavy atom. The van der Waals surface area contributed by atoms with Gasteiger partial charge in [-0.05, 0) is 52.4 Å². The quantitative estimate of drug-likeness (QED) is 0.561. The van der Waals surface area contributed by atoms with Gasteiger partial charge in [0.25, 0.3) is 0 Å². The maximum Gasteiger partial charge on any atom is 0.339 e. The van der Waals surface area contributed by atoms with Crippen LogP contribution in [0.25, 0.3) is 11.0 Å². The van der Waals surface area contributed by atoms with Crippen LogP contribution >= 0.6 is 22.6 Å². The molecule has 0 aliphatic carbocycles. The summed E-state index contributed by atoms with van der Waals surface area (Å²) >= 11 is 2.23. The van der Waals surface area contributed by atoms with Gasteiger partial charge in [0.2, 0.25) is 0 Å². The van der Waals surface area contributed by atoms with Gasteiger partial charge in [-0.2, -0.15) is 0 Å². The van der Waals surface area contributed by atoms with Crippen molar-refractivity contribution in [2.75, 3.05) is 0 Å². The van der Waals surface area contributed by atoms with Crippen LogP contribution in [0.15, 0.2) is 48.8 Å². The zero-order chi connectivity index (χ0) is 13.9. The van der Waals surface area contributed by atoms with E-state index in [1.54, 1.807) is 18.5 Å². The van der Waals surface area contributed by atoms with Crippen molar-refractivity contribution >= 4 is 39.6 Å². The van der Waals surface area contributed by atoms with E-state index in [0.29, 0.717) is 11.2 Å². The minimum atomic E-state index is -0.337. The number of esters is 1. The number of fused-ring (bicyclic) bond motifs is 1. The third-order valence-corrected chi connectivity index (χ3v) is 3.61. The topological polar surface area (TPSA) is 55.0 Å². The van der Waals surface area contributed by atoms with E-state index in [1.165, 1.54) is 0 Å². The molecule has 0 aliphatic rings. The number of hydrogen-bond donors (Lipinski definition) is 1. The number of nitrogens with zero attached hydrogens (tertiary/aromatic N) is 1. The molecule has 1 aromatic carbocycles. The Balaban J connectivity index is 1.78. The molecular formula is C15H11IN2O2. The summed E-state index contributed by atoms with van der Waals surface area (Å²) in [5.41, 5.74) is 2.19. The minimum Gasteiger partial charge on any atom is -0.457 e. The molecule has 3 aromatic rings. The lowest BCUT2D eigenvalue weighted by atomic mass is 10.2. The van der Waals surface area contributed by atoms with Gasteiger partial charge >= 0.3 is 5.97 Å². The lowest BCUT2D eigenvalue weighted by Crippen LogP contribution is -2.06. The van der Waals surface area contributed by atoms with E-state index in [0.717, 1.165) is 14.5 Å². The number of carbonyl (C=O) groups is 1. The summed E-state index contributed by atoms with van der Waals surface area (Å²) in [5.74, 6) is -0.337. The monoisotopic (exact) mass is 378 g/mol. The van der Waals surface area contributed by atoms with E-state index >= 15 is 0 Å². The Morgan fingerprint density at radius 1 is 1.30 bits per heavy atom. The molecule has 20 heavy (non-hydrogen) atoms. The highest BCUT2D eigenvalue weighted by Crippen LogP contribution is 2.17. The zero-order valence-electron chi connectivity index (χ0n) is 10.5. The average Bonchev–Trinajstić information content (AvgIpc) is 2.93. The number of aromatic nitrogens is 2. The van der Waals surface area contributed by atoms with E-state index in [-0.39, 0.29) is 12.6 Å². The summed E-state index contributed by atoms with van der Waals surface area (Å²) in [4.78, 5) is 19.3. The van der Waals surface area contributed by atoms with Gasteiger partial charge in [0.1, 0.15) is 12.3 Å². The van der Waals surface area contributed by atoms with Crippen molar-refractivity contribution in [3.05, 3.63) is 63.5 Å². The first-order valence-electron chi connectivity index (χ1n) is 6.08. The fourth-order valence-electron chi connectivity index (χ4n) is 1.99. The maximum atomic E-state index is 12.1. The largest absolute Gasteiger partial charge is 0.457 e. The number of benzene rings is 1. The van der Waals surface area contributed by atoms with Gasteiger partial charge in [0.05, 0.1) is 5.56 Å². The molecule has 2 aromatic heterocycles. The van der Waals surface area contributed by atoms with Gasteiger partial charge in [-0.3, -0.25) is 0 Å². The summed E-state index contributed by atoms with van der Waals surface area (Å²) < 4.78 is 6.48. The van der Waals surface area contributed by atoms with Gasteiger partial charge in [-0.25, -0.2) is 9.78 Å². The highest BCUT2D eigenvalue weighted by atomic mass is 127.